The summed E-state index contributed by atoms with van der Waals surface area (Å²) in [6, 6.07) is 24.9. The smallest absolute Gasteiger partial charge is 0.250 e. The lowest BCUT2D eigenvalue weighted by Crippen LogP contribution is -2.33. The summed E-state index contributed by atoms with van der Waals surface area (Å²) in [6.45, 7) is 2.00. The largest absolute Gasteiger partial charge is 0.457 e. The SMILES string of the molecule is Cc1c(NC(=S)NC(=O)C=Cc2ccc(-c3ccc(Cl)cc3)o2)cccc1-c1nc2ccccc2s1. The van der Waals surface area contributed by atoms with Crippen molar-refractivity contribution >= 4 is 68.2 Å². The third-order valence-corrected chi connectivity index (χ3v) is 7.02. The fourth-order valence-corrected chi connectivity index (χ4v) is 5.05. The Balaban J connectivity index is 1.23. The van der Waals surface area contributed by atoms with Crippen molar-refractivity contribution in [2.75, 3.05) is 5.32 Å². The predicted molar refractivity (Wildman–Crippen MR) is 152 cm³/mol. The van der Waals surface area contributed by atoms with Gasteiger partial charge in [0.05, 0.1) is 10.2 Å². The molecule has 0 fully saturated rings. The van der Waals surface area contributed by atoms with Gasteiger partial charge in [0.2, 0.25) is 5.91 Å². The second kappa shape index (κ2) is 10.5. The first kappa shape index (κ1) is 23.9. The molecular weight excluding hydrogens is 510 g/mol. The molecule has 0 aliphatic rings. The molecule has 0 bridgehead atoms. The van der Waals surface area contributed by atoms with Crippen molar-refractivity contribution in [2.24, 2.45) is 0 Å². The van der Waals surface area contributed by atoms with Gasteiger partial charge in [-0.25, -0.2) is 4.98 Å². The minimum absolute atomic E-state index is 0.204. The van der Waals surface area contributed by atoms with E-state index >= 15 is 0 Å². The average Bonchev–Trinajstić information content (AvgIpc) is 3.52. The fraction of sp³-hybridized carbons (Fsp3) is 0.0357. The monoisotopic (exact) mass is 529 g/mol. The van der Waals surface area contributed by atoms with Crippen LogP contribution >= 0.6 is 35.2 Å². The van der Waals surface area contributed by atoms with Crippen LogP contribution in [0.1, 0.15) is 11.3 Å². The van der Waals surface area contributed by atoms with Gasteiger partial charge in [0, 0.05) is 27.9 Å². The number of rotatable bonds is 5. The standard InChI is InChI=1S/C28H20ClN3O2S2/c1-17-21(27-30-23-6-2-3-8-25(23)36-27)5-4-7-22(17)31-28(35)32-26(33)16-14-20-13-15-24(34-20)18-9-11-19(29)12-10-18/h2-16H,1H3,(H2,31,32,33,35). The van der Waals surface area contributed by atoms with Gasteiger partial charge in [0.1, 0.15) is 16.5 Å². The topological polar surface area (TPSA) is 67.2 Å². The van der Waals surface area contributed by atoms with Gasteiger partial charge in [0.15, 0.2) is 5.11 Å². The van der Waals surface area contributed by atoms with Gasteiger partial charge in [-0.1, -0.05) is 35.9 Å². The molecule has 2 aromatic heterocycles. The predicted octanol–water partition coefficient (Wildman–Crippen LogP) is 7.71. The normalized spacial score (nSPS) is 11.2. The quantitative estimate of drug-likeness (QED) is 0.180. The maximum atomic E-state index is 12.4. The third-order valence-electron chi connectivity index (χ3n) is 5.50. The van der Waals surface area contributed by atoms with Crippen molar-refractivity contribution in [3.63, 3.8) is 0 Å². The first-order valence-electron chi connectivity index (χ1n) is 11.1. The van der Waals surface area contributed by atoms with Crippen LogP contribution in [0, 0.1) is 6.92 Å². The van der Waals surface area contributed by atoms with Crippen LogP contribution in [0.25, 0.3) is 38.2 Å². The van der Waals surface area contributed by atoms with E-state index in [2.05, 4.69) is 16.7 Å². The molecule has 178 valence electrons. The van der Waals surface area contributed by atoms with Crippen molar-refractivity contribution in [3.8, 4) is 21.9 Å². The second-order valence-corrected chi connectivity index (χ2v) is 9.83. The van der Waals surface area contributed by atoms with Crippen molar-refractivity contribution in [3.05, 3.63) is 101 Å². The van der Waals surface area contributed by atoms with E-state index in [1.807, 2.05) is 61.5 Å². The van der Waals surface area contributed by atoms with Gasteiger partial charge in [-0.2, -0.15) is 0 Å². The lowest BCUT2D eigenvalue weighted by molar-refractivity contribution is -0.115. The number of hydrogen-bond donors (Lipinski definition) is 2. The molecule has 2 N–H and O–H groups in total. The van der Waals surface area contributed by atoms with Crippen molar-refractivity contribution < 1.29 is 9.21 Å². The van der Waals surface area contributed by atoms with Crippen molar-refractivity contribution in [1.29, 1.82) is 0 Å². The van der Waals surface area contributed by atoms with E-state index in [1.165, 1.54) is 6.08 Å². The lowest BCUT2D eigenvalue weighted by atomic mass is 10.1. The first-order valence-corrected chi connectivity index (χ1v) is 12.7. The number of anilines is 1. The number of thiazole rings is 1. The number of carbonyl (C=O) groups excluding carboxylic acids is 1. The summed E-state index contributed by atoms with van der Waals surface area (Å²) < 4.78 is 6.93. The van der Waals surface area contributed by atoms with Gasteiger partial charge < -0.3 is 9.73 Å². The summed E-state index contributed by atoms with van der Waals surface area (Å²) in [5.74, 6) is 0.873. The molecule has 3 aromatic carbocycles. The number of nitrogens with one attached hydrogen (secondary N) is 2. The molecule has 1 amide bonds. The molecule has 36 heavy (non-hydrogen) atoms. The number of carbonyl (C=O) groups is 1. The number of halogens is 1. The van der Waals surface area contributed by atoms with Crippen molar-refractivity contribution in [1.82, 2.24) is 10.3 Å². The summed E-state index contributed by atoms with van der Waals surface area (Å²) in [6.07, 6.45) is 2.97. The van der Waals surface area contributed by atoms with Crippen LogP contribution in [0.2, 0.25) is 5.02 Å². The number of thiocarbonyl (C=S) groups is 1. The van der Waals surface area contributed by atoms with Gasteiger partial charge >= 0.3 is 0 Å². The summed E-state index contributed by atoms with van der Waals surface area (Å²) in [4.78, 5) is 17.2. The van der Waals surface area contributed by atoms with E-state index in [-0.39, 0.29) is 11.0 Å². The maximum Gasteiger partial charge on any atom is 0.250 e. The van der Waals surface area contributed by atoms with E-state index in [4.69, 9.17) is 33.2 Å². The van der Waals surface area contributed by atoms with Crippen LogP contribution in [-0.4, -0.2) is 16.0 Å². The zero-order valence-corrected chi connectivity index (χ0v) is 21.5. The van der Waals surface area contributed by atoms with Gasteiger partial charge in [-0.3, -0.25) is 10.1 Å². The van der Waals surface area contributed by atoms with Gasteiger partial charge in [-0.05, 0) is 85.4 Å². The molecule has 0 aliphatic carbocycles. The number of hydrogen-bond acceptors (Lipinski definition) is 5. The lowest BCUT2D eigenvalue weighted by Gasteiger charge is -2.13. The molecule has 5 aromatic rings. The van der Waals surface area contributed by atoms with Crippen LogP contribution in [0.3, 0.4) is 0 Å². The van der Waals surface area contributed by atoms with Crippen LogP contribution in [0.15, 0.2) is 89.4 Å². The summed E-state index contributed by atoms with van der Waals surface area (Å²) in [5.41, 5.74) is 4.69. The molecule has 5 rings (SSSR count). The molecule has 0 spiro atoms. The molecule has 5 nitrogen and oxygen atoms in total. The minimum atomic E-state index is -0.364. The van der Waals surface area contributed by atoms with E-state index < -0.39 is 0 Å². The van der Waals surface area contributed by atoms with Crippen LogP contribution < -0.4 is 10.6 Å². The zero-order chi connectivity index (χ0) is 25.1. The number of amides is 1. The molecule has 2 heterocycles. The highest BCUT2D eigenvalue weighted by atomic mass is 35.5. The number of fused-ring (bicyclic) bond motifs is 1. The second-order valence-electron chi connectivity index (χ2n) is 7.95. The first-order chi connectivity index (χ1) is 17.5. The maximum absolute atomic E-state index is 12.4. The highest BCUT2D eigenvalue weighted by Crippen LogP contribution is 2.34. The molecule has 0 atom stereocenters. The molecule has 0 unspecified atom stereocenters. The van der Waals surface area contributed by atoms with Crippen LogP contribution in [-0.2, 0) is 4.79 Å². The Morgan fingerprint density at radius 3 is 2.64 bits per heavy atom. The molecular formula is C28H20ClN3O2S2. The van der Waals surface area contributed by atoms with Crippen LogP contribution in [0.5, 0.6) is 0 Å². The average molecular weight is 530 g/mol. The van der Waals surface area contributed by atoms with E-state index in [9.17, 15) is 4.79 Å². The summed E-state index contributed by atoms with van der Waals surface area (Å²) in [7, 11) is 0. The van der Waals surface area contributed by atoms with E-state index in [0.717, 1.165) is 37.6 Å². The third kappa shape index (κ3) is 5.39. The summed E-state index contributed by atoms with van der Waals surface area (Å²) in [5, 5.41) is 7.60. The highest BCUT2D eigenvalue weighted by Gasteiger charge is 2.12. The highest BCUT2D eigenvalue weighted by molar-refractivity contribution is 7.80. The van der Waals surface area contributed by atoms with E-state index in [0.29, 0.717) is 16.5 Å². The molecule has 0 radical (unpaired) electrons. The Hall–Kier alpha value is -3.78. The molecule has 0 saturated heterocycles. The number of benzene rings is 3. The Labute approximate surface area is 222 Å². The molecule has 0 aliphatic heterocycles. The number of nitrogens with zero attached hydrogens (tertiary/aromatic N) is 1. The Kier molecular flexibility index (Phi) is 6.95. The van der Waals surface area contributed by atoms with Crippen LogP contribution in [0.4, 0.5) is 5.69 Å². The van der Waals surface area contributed by atoms with E-state index in [1.54, 1.807) is 35.6 Å². The minimum Gasteiger partial charge on any atom is -0.457 e. The fourth-order valence-electron chi connectivity index (χ4n) is 3.67. The molecule has 0 saturated carbocycles. The Morgan fingerprint density at radius 1 is 1.03 bits per heavy atom. The van der Waals surface area contributed by atoms with Crippen molar-refractivity contribution in [2.45, 2.75) is 6.92 Å². The Bertz CT molecular complexity index is 1570. The number of aromatic nitrogens is 1. The zero-order valence-electron chi connectivity index (χ0n) is 19.1. The number of furan rings is 1. The number of para-hydroxylation sites is 1. The van der Waals surface area contributed by atoms with Gasteiger partial charge in [0.25, 0.3) is 0 Å². The molecule has 8 heteroatoms. The van der Waals surface area contributed by atoms with Gasteiger partial charge in [-0.15, -0.1) is 11.3 Å². The summed E-state index contributed by atoms with van der Waals surface area (Å²) >= 11 is 12.9. The Morgan fingerprint density at radius 2 is 1.83 bits per heavy atom.